The van der Waals surface area contributed by atoms with E-state index < -0.39 is 5.97 Å². The summed E-state index contributed by atoms with van der Waals surface area (Å²) in [5, 5.41) is 27.6. The van der Waals surface area contributed by atoms with Crippen molar-refractivity contribution in [3.63, 3.8) is 0 Å². The molecule has 0 spiro atoms. The van der Waals surface area contributed by atoms with Crippen LogP contribution in [0.15, 0.2) is 30.5 Å². The van der Waals surface area contributed by atoms with Crippen LogP contribution < -0.4 is 5.32 Å². The molecule has 0 aliphatic rings. The van der Waals surface area contributed by atoms with Crippen molar-refractivity contribution in [3.8, 4) is 6.07 Å². The maximum Gasteiger partial charge on any atom is 0.354 e. The van der Waals surface area contributed by atoms with E-state index >= 15 is 0 Å². The first-order valence-electron chi connectivity index (χ1n) is 5.88. The first kappa shape index (κ1) is 15.2. The van der Waals surface area contributed by atoms with E-state index in [4.69, 9.17) is 27.4 Å². The zero-order chi connectivity index (χ0) is 16.1. The Morgan fingerprint density at radius 1 is 1.55 bits per heavy atom. The van der Waals surface area contributed by atoms with Gasteiger partial charge in [-0.15, -0.1) is 0 Å². The fourth-order valence-electron chi connectivity index (χ4n) is 1.57. The van der Waals surface area contributed by atoms with Gasteiger partial charge in [0.2, 0.25) is 0 Å². The number of aromatic carboxylic acids is 1. The van der Waals surface area contributed by atoms with Crippen molar-refractivity contribution >= 4 is 34.3 Å². The maximum atomic E-state index is 10.9. The largest absolute Gasteiger partial charge is 0.477 e. The van der Waals surface area contributed by atoms with Gasteiger partial charge in [-0.25, -0.2) is 14.8 Å². The summed E-state index contributed by atoms with van der Waals surface area (Å²) in [5.41, 5.74) is 0.370. The standard InChI is InChI=1S/C13H9ClN6O2/c14-10(16)4-9(12-17-6-7(5-15)18-12)20-11-3-1-2-8(19-11)13(21)22/h1-4,6,16H,(H,17,18)(H,19,20)(H,21,22)/b9-4+,16-10?. The van der Waals surface area contributed by atoms with Crippen molar-refractivity contribution in [1.82, 2.24) is 15.0 Å². The number of allylic oxidation sites excluding steroid dienone is 1. The zero-order valence-electron chi connectivity index (χ0n) is 11.0. The van der Waals surface area contributed by atoms with E-state index in [0.717, 1.165) is 0 Å². The topological polar surface area (TPSA) is 139 Å². The molecule has 0 aliphatic carbocycles. The Bertz CT molecular complexity index is 805. The molecule has 110 valence electrons. The molecule has 2 rings (SSSR count). The third kappa shape index (κ3) is 3.68. The smallest absolute Gasteiger partial charge is 0.354 e. The number of H-pyrrole nitrogens is 1. The summed E-state index contributed by atoms with van der Waals surface area (Å²) in [6, 6.07) is 6.31. The van der Waals surface area contributed by atoms with Gasteiger partial charge in [-0.3, -0.25) is 5.41 Å². The summed E-state index contributed by atoms with van der Waals surface area (Å²) in [5.74, 6) is -0.660. The van der Waals surface area contributed by atoms with Gasteiger partial charge in [-0.1, -0.05) is 17.7 Å². The quantitative estimate of drug-likeness (QED) is 0.622. The highest BCUT2D eigenvalue weighted by molar-refractivity contribution is 6.68. The van der Waals surface area contributed by atoms with E-state index in [1.54, 1.807) is 6.07 Å². The molecule has 2 aromatic heterocycles. The van der Waals surface area contributed by atoms with Crippen LogP contribution in [0.25, 0.3) is 5.70 Å². The second kappa shape index (κ2) is 6.51. The number of carboxylic acids is 1. The van der Waals surface area contributed by atoms with E-state index in [1.807, 2.05) is 6.07 Å². The zero-order valence-corrected chi connectivity index (χ0v) is 11.7. The molecular weight excluding hydrogens is 308 g/mol. The number of aromatic nitrogens is 3. The van der Waals surface area contributed by atoms with Crippen LogP contribution in [0.1, 0.15) is 22.0 Å². The molecule has 8 nitrogen and oxygen atoms in total. The van der Waals surface area contributed by atoms with Crippen molar-refractivity contribution in [2.75, 3.05) is 5.32 Å². The minimum Gasteiger partial charge on any atom is -0.477 e. The molecule has 0 unspecified atom stereocenters. The molecule has 0 aromatic carbocycles. The van der Waals surface area contributed by atoms with Gasteiger partial charge in [0.05, 0.1) is 11.9 Å². The van der Waals surface area contributed by atoms with Crippen molar-refractivity contribution in [1.29, 1.82) is 10.7 Å². The summed E-state index contributed by atoms with van der Waals surface area (Å²) in [6.45, 7) is 0. The molecule has 0 saturated carbocycles. The molecule has 0 radical (unpaired) electrons. The molecule has 0 atom stereocenters. The molecule has 4 N–H and O–H groups in total. The SMILES string of the molecule is N#Cc1cnc(/C(=C\C(=N)Cl)Nc2cccc(C(=O)O)n2)[nH]1. The summed E-state index contributed by atoms with van der Waals surface area (Å²) in [6.07, 6.45) is 2.58. The molecule has 0 saturated heterocycles. The van der Waals surface area contributed by atoms with Crippen molar-refractivity contribution in [2.45, 2.75) is 0 Å². The average Bonchev–Trinajstić information content (AvgIpc) is 2.95. The van der Waals surface area contributed by atoms with E-state index in [2.05, 4.69) is 20.3 Å². The van der Waals surface area contributed by atoms with Crippen LogP contribution in [0, 0.1) is 16.7 Å². The number of nitriles is 1. The van der Waals surface area contributed by atoms with Crippen LogP contribution in [0.3, 0.4) is 0 Å². The van der Waals surface area contributed by atoms with Gasteiger partial charge in [0, 0.05) is 6.08 Å². The second-order valence-electron chi connectivity index (χ2n) is 4.00. The van der Waals surface area contributed by atoms with Gasteiger partial charge < -0.3 is 15.4 Å². The normalized spacial score (nSPS) is 10.8. The van der Waals surface area contributed by atoms with Crippen LogP contribution >= 0.6 is 11.6 Å². The molecule has 9 heteroatoms. The van der Waals surface area contributed by atoms with Gasteiger partial charge >= 0.3 is 5.97 Å². The lowest BCUT2D eigenvalue weighted by atomic mass is 10.3. The molecule has 0 fully saturated rings. The Kier molecular flexibility index (Phi) is 4.50. The monoisotopic (exact) mass is 316 g/mol. The lowest BCUT2D eigenvalue weighted by molar-refractivity contribution is 0.0690. The molecule has 2 aromatic rings. The number of hydrogen-bond donors (Lipinski definition) is 4. The van der Waals surface area contributed by atoms with Gasteiger partial charge in [0.1, 0.15) is 22.8 Å². The highest BCUT2D eigenvalue weighted by atomic mass is 35.5. The van der Waals surface area contributed by atoms with Crippen LogP contribution in [-0.4, -0.2) is 31.2 Å². The molecule has 22 heavy (non-hydrogen) atoms. The Hall–Kier alpha value is -3.18. The number of rotatable bonds is 5. The summed E-state index contributed by atoms with van der Waals surface area (Å²) in [4.78, 5) is 21.5. The number of nitrogens with zero attached hydrogens (tertiary/aromatic N) is 3. The van der Waals surface area contributed by atoms with Gasteiger partial charge in [-0.2, -0.15) is 5.26 Å². The maximum absolute atomic E-state index is 10.9. The Balaban J connectivity index is 2.36. The second-order valence-corrected chi connectivity index (χ2v) is 4.41. The number of imidazole rings is 1. The van der Waals surface area contributed by atoms with Crippen molar-refractivity contribution in [3.05, 3.63) is 47.7 Å². The summed E-state index contributed by atoms with van der Waals surface area (Å²) >= 11 is 5.56. The van der Waals surface area contributed by atoms with Gasteiger partial charge in [0.25, 0.3) is 0 Å². The van der Waals surface area contributed by atoms with Crippen molar-refractivity contribution in [2.24, 2.45) is 0 Å². The molecule has 0 bridgehead atoms. The Labute approximate surface area is 129 Å². The average molecular weight is 317 g/mol. The third-order valence-corrected chi connectivity index (χ3v) is 2.56. The first-order chi connectivity index (χ1) is 10.5. The van der Waals surface area contributed by atoms with Crippen molar-refractivity contribution < 1.29 is 9.90 Å². The Morgan fingerprint density at radius 2 is 2.32 bits per heavy atom. The number of nitrogens with one attached hydrogen (secondary N) is 3. The number of hydrogen-bond acceptors (Lipinski definition) is 6. The molecule has 2 heterocycles. The molecular formula is C13H9ClN6O2. The number of carbonyl (C=O) groups is 1. The van der Waals surface area contributed by atoms with E-state index in [9.17, 15) is 4.79 Å². The summed E-state index contributed by atoms with van der Waals surface area (Å²) in [7, 11) is 0. The van der Waals surface area contributed by atoms with Crippen LogP contribution in [0.4, 0.5) is 5.82 Å². The number of anilines is 1. The minimum absolute atomic E-state index is 0.137. The van der Waals surface area contributed by atoms with E-state index in [0.29, 0.717) is 0 Å². The number of aromatic amines is 1. The Morgan fingerprint density at radius 3 is 2.91 bits per heavy atom. The van der Waals surface area contributed by atoms with Gasteiger partial charge in [-0.05, 0) is 12.1 Å². The summed E-state index contributed by atoms with van der Waals surface area (Å²) < 4.78 is 0. The number of pyridine rings is 1. The lowest BCUT2D eigenvalue weighted by Gasteiger charge is -2.08. The first-order valence-corrected chi connectivity index (χ1v) is 6.26. The number of halogens is 1. The third-order valence-electron chi connectivity index (χ3n) is 2.45. The molecule has 0 aliphatic heterocycles. The van der Waals surface area contributed by atoms with Gasteiger partial charge in [0.15, 0.2) is 11.5 Å². The predicted molar refractivity (Wildman–Crippen MR) is 79.7 cm³/mol. The van der Waals surface area contributed by atoms with Crippen LogP contribution in [0.2, 0.25) is 0 Å². The predicted octanol–water partition coefficient (Wildman–Crippen LogP) is 2.04. The fourth-order valence-corrected chi connectivity index (χ4v) is 1.68. The number of carboxylic acid groups (broad SMARTS) is 1. The minimum atomic E-state index is -1.16. The highest BCUT2D eigenvalue weighted by Gasteiger charge is 2.10. The van der Waals surface area contributed by atoms with E-state index in [1.165, 1.54) is 24.4 Å². The fraction of sp³-hybridized carbons (Fsp3) is 0. The molecule has 0 amide bonds. The van der Waals surface area contributed by atoms with Crippen LogP contribution in [-0.2, 0) is 0 Å². The van der Waals surface area contributed by atoms with E-state index in [-0.39, 0.29) is 33.9 Å². The lowest BCUT2D eigenvalue weighted by Crippen LogP contribution is -2.07. The highest BCUT2D eigenvalue weighted by Crippen LogP contribution is 2.16. The van der Waals surface area contributed by atoms with Crippen LogP contribution in [0.5, 0.6) is 0 Å².